The Kier molecular flexibility index (Phi) is 7.06. The van der Waals surface area contributed by atoms with Crippen molar-refractivity contribution in [3.05, 3.63) is 82.0 Å². The van der Waals surface area contributed by atoms with Gasteiger partial charge in [-0.05, 0) is 48.7 Å². The molecule has 4 rings (SSSR count). The highest BCUT2D eigenvalue weighted by molar-refractivity contribution is 7.92. The molecule has 0 spiro atoms. The topological polar surface area (TPSA) is 106 Å². The number of hydrogen-bond acceptors (Lipinski definition) is 6. The van der Waals surface area contributed by atoms with Crippen LogP contribution in [0.5, 0.6) is 0 Å². The van der Waals surface area contributed by atoms with Crippen LogP contribution in [-0.2, 0) is 26.0 Å². The van der Waals surface area contributed by atoms with E-state index in [1.54, 1.807) is 12.1 Å². The van der Waals surface area contributed by atoms with Crippen molar-refractivity contribution in [2.45, 2.75) is 17.7 Å². The van der Waals surface area contributed by atoms with Gasteiger partial charge in [0.05, 0.1) is 26.2 Å². The Balaban J connectivity index is 1.46. The summed E-state index contributed by atoms with van der Waals surface area (Å²) in [6.45, 7) is -0.272. The van der Waals surface area contributed by atoms with Crippen molar-refractivity contribution in [2.75, 3.05) is 22.8 Å². The molecule has 3 aromatic rings. The molecule has 2 aromatic carbocycles. The molecule has 0 unspecified atom stereocenters. The standard InChI is InChI=1S/C23H19Cl2N3O5S/c24-17-12-19(25)22(26-13-17)27-21(29)14-33-23(30)16-6-3-8-18(11-16)34(31,32)28-10-4-7-15-5-1-2-9-20(15)28/h1-3,5-6,8-9,11-13H,4,7,10,14H2,(H,26,27,29). The van der Waals surface area contributed by atoms with Crippen LogP contribution in [0.15, 0.2) is 65.7 Å². The Labute approximate surface area is 206 Å². The number of aromatic nitrogens is 1. The number of carbonyl (C=O) groups excluding carboxylic acids is 2. The van der Waals surface area contributed by atoms with Crippen molar-refractivity contribution in [1.29, 1.82) is 0 Å². The first kappa shape index (κ1) is 24.0. The maximum absolute atomic E-state index is 13.3. The predicted molar refractivity (Wildman–Crippen MR) is 129 cm³/mol. The van der Waals surface area contributed by atoms with E-state index >= 15 is 0 Å². The van der Waals surface area contributed by atoms with Crippen LogP contribution in [0.1, 0.15) is 22.3 Å². The number of pyridine rings is 1. The number of rotatable bonds is 6. The van der Waals surface area contributed by atoms with Crippen molar-refractivity contribution in [1.82, 2.24) is 4.98 Å². The molecule has 1 aliphatic rings. The molecule has 1 amide bonds. The molecule has 1 aliphatic heterocycles. The zero-order chi connectivity index (χ0) is 24.3. The van der Waals surface area contributed by atoms with Crippen LogP contribution in [-0.4, -0.2) is 38.4 Å². The van der Waals surface area contributed by atoms with Crippen molar-refractivity contribution >= 4 is 56.6 Å². The molecule has 8 nitrogen and oxygen atoms in total. The van der Waals surface area contributed by atoms with Gasteiger partial charge < -0.3 is 10.1 Å². The summed E-state index contributed by atoms with van der Waals surface area (Å²) in [5.74, 6) is -1.44. The van der Waals surface area contributed by atoms with Crippen molar-refractivity contribution in [2.24, 2.45) is 0 Å². The lowest BCUT2D eigenvalue weighted by Crippen LogP contribution is -2.35. The molecule has 1 aromatic heterocycles. The highest BCUT2D eigenvalue weighted by Gasteiger charge is 2.29. The summed E-state index contributed by atoms with van der Waals surface area (Å²) in [7, 11) is -3.90. The number of nitrogens with zero attached hydrogens (tertiary/aromatic N) is 2. The number of amides is 1. The molecule has 11 heteroatoms. The second-order valence-corrected chi connectivity index (χ2v) is 10.2. The number of hydrogen-bond donors (Lipinski definition) is 1. The number of ether oxygens (including phenoxy) is 1. The molecule has 34 heavy (non-hydrogen) atoms. The summed E-state index contributed by atoms with van der Waals surface area (Å²) in [5, 5.41) is 2.84. The van der Waals surface area contributed by atoms with E-state index in [4.69, 9.17) is 27.9 Å². The largest absolute Gasteiger partial charge is 0.452 e. The number of carbonyl (C=O) groups is 2. The van der Waals surface area contributed by atoms with Crippen molar-refractivity contribution in [3.8, 4) is 0 Å². The lowest BCUT2D eigenvalue weighted by Gasteiger charge is -2.30. The lowest BCUT2D eigenvalue weighted by molar-refractivity contribution is -0.119. The minimum absolute atomic E-state index is 0.00169. The third-order valence-electron chi connectivity index (χ3n) is 5.13. The molecular weight excluding hydrogens is 501 g/mol. The highest BCUT2D eigenvalue weighted by Crippen LogP contribution is 2.32. The monoisotopic (exact) mass is 519 g/mol. The first-order valence-electron chi connectivity index (χ1n) is 10.2. The third-order valence-corrected chi connectivity index (χ3v) is 7.43. The van der Waals surface area contributed by atoms with Gasteiger partial charge in [-0.1, -0.05) is 47.5 Å². The molecule has 0 aliphatic carbocycles. The SMILES string of the molecule is O=C(COC(=O)c1cccc(S(=O)(=O)N2CCCc3ccccc32)c1)Nc1ncc(Cl)cc1Cl. The number of esters is 1. The fourth-order valence-electron chi connectivity index (χ4n) is 3.55. The van der Waals surface area contributed by atoms with Gasteiger partial charge in [0.25, 0.3) is 15.9 Å². The fraction of sp³-hybridized carbons (Fsp3) is 0.174. The normalized spacial score (nSPS) is 13.2. The minimum Gasteiger partial charge on any atom is -0.452 e. The van der Waals surface area contributed by atoms with Crippen molar-refractivity contribution in [3.63, 3.8) is 0 Å². The molecule has 2 heterocycles. The van der Waals surface area contributed by atoms with E-state index in [0.29, 0.717) is 23.7 Å². The van der Waals surface area contributed by atoms with Gasteiger partial charge in [-0.15, -0.1) is 0 Å². The first-order chi connectivity index (χ1) is 16.3. The molecule has 0 fully saturated rings. The number of sulfonamides is 1. The molecule has 0 saturated carbocycles. The quantitative estimate of drug-likeness (QED) is 0.486. The smallest absolute Gasteiger partial charge is 0.338 e. The summed E-state index contributed by atoms with van der Waals surface area (Å²) in [4.78, 5) is 28.5. The number of para-hydroxylation sites is 1. The van der Waals surface area contributed by atoms with Crippen LogP contribution in [0.3, 0.4) is 0 Å². The predicted octanol–water partition coefficient (Wildman–Crippen LogP) is 4.33. The highest BCUT2D eigenvalue weighted by atomic mass is 35.5. The minimum atomic E-state index is -3.90. The summed E-state index contributed by atoms with van der Waals surface area (Å²) >= 11 is 11.7. The molecule has 0 radical (unpaired) electrons. The van der Waals surface area contributed by atoms with Gasteiger partial charge in [0.15, 0.2) is 12.4 Å². The second-order valence-electron chi connectivity index (χ2n) is 7.45. The summed E-state index contributed by atoms with van der Waals surface area (Å²) in [5.41, 5.74) is 1.59. The van der Waals surface area contributed by atoms with Gasteiger partial charge >= 0.3 is 5.97 Å². The molecule has 0 bridgehead atoms. The second kappa shape index (κ2) is 10.0. The Morgan fingerprint density at radius 1 is 1.09 bits per heavy atom. The molecule has 0 atom stereocenters. The first-order valence-corrected chi connectivity index (χ1v) is 12.4. The third kappa shape index (κ3) is 5.16. The zero-order valence-corrected chi connectivity index (χ0v) is 20.0. The Bertz CT molecular complexity index is 1360. The summed E-state index contributed by atoms with van der Waals surface area (Å²) < 4.78 is 33.1. The van der Waals surface area contributed by atoms with E-state index in [9.17, 15) is 18.0 Å². The van der Waals surface area contributed by atoms with E-state index in [0.717, 1.165) is 12.0 Å². The number of benzene rings is 2. The van der Waals surface area contributed by atoms with Crippen LogP contribution in [0.4, 0.5) is 11.5 Å². The van der Waals surface area contributed by atoms with Crippen molar-refractivity contribution < 1.29 is 22.7 Å². The van der Waals surface area contributed by atoms with E-state index in [1.807, 2.05) is 12.1 Å². The van der Waals surface area contributed by atoms with E-state index in [1.165, 1.54) is 40.8 Å². The summed E-state index contributed by atoms with van der Waals surface area (Å²) in [6.07, 6.45) is 2.80. The molecule has 1 N–H and O–H groups in total. The van der Waals surface area contributed by atoms with Crippen LogP contribution in [0.2, 0.25) is 10.0 Å². The van der Waals surface area contributed by atoms with E-state index in [2.05, 4.69) is 10.3 Å². The summed E-state index contributed by atoms with van der Waals surface area (Å²) in [6, 6.07) is 14.3. The van der Waals surface area contributed by atoms with Crippen LogP contribution >= 0.6 is 23.2 Å². The van der Waals surface area contributed by atoms with Gasteiger partial charge in [0, 0.05) is 12.7 Å². The van der Waals surface area contributed by atoms with Gasteiger partial charge in [-0.2, -0.15) is 0 Å². The number of halogens is 2. The van der Waals surface area contributed by atoms with Gasteiger partial charge in [0.1, 0.15) is 0 Å². The Hall–Kier alpha value is -3.14. The van der Waals surface area contributed by atoms with Crippen LogP contribution < -0.4 is 9.62 Å². The fourth-order valence-corrected chi connectivity index (χ4v) is 5.56. The average Bonchev–Trinajstić information content (AvgIpc) is 2.84. The number of anilines is 2. The number of aryl methyl sites for hydroxylation is 1. The zero-order valence-electron chi connectivity index (χ0n) is 17.7. The van der Waals surface area contributed by atoms with Gasteiger partial charge in [-0.25, -0.2) is 18.2 Å². The Morgan fingerprint density at radius 3 is 2.68 bits per heavy atom. The van der Waals surface area contributed by atoms with E-state index < -0.39 is 28.5 Å². The molecule has 0 saturated heterocycles. The van der Waals surface area contributed by atoms with Crippen LogP contribution in [0, 0.1) is 0 Å². The average molecular weight is 520 g/mol. The molecule has 176 valence electrons. The van der Waals surface area contributed by atoms with Gasteiger partial charge in [-0.3, -0.25) is 9.10 Å². The van der Waals surface area contributed by atoms with Gasteiger partial charge in [0.2, 0.25) is 0 Å². The number of nitrogens with one attached hydrogen (secondary N) is 1. The number of fused-ring (bicyclic) bond motifs is 1. The maximum Gasteiger partial charge on any atom is 0.338 e. The lowest BCUT2D eigenvalue weighted by atomic mass is 10.0. The molecular formula is C23H19Cl2N3O5S. The van der Waals surface area contributed by atoms with E-state index in [-0.39, 0.29) is 21.3 Å². The Morgan fingerprint density at radius 2 is 1.88 bits per heavy atom. The van der Waals surface area contributed by atoms with Crippen LogP contribution in [0.25, 0.3) is 0 Å². The maximum atomic E-state index is 13.3.